The number of benzene rings is 1. The van der Waals surface area contributed by atoms with Crippen molar-refractivity contribution in [3.05, 3.63) is 41.7 Å². The molecule has 3 atom stereocenters. The number of nitrogens with one attached hydrogen (secondary N) is 2. The van der Waals surface area contributed by atoms with E-state index in [1.54, 1.807) is 4.68 Å². The molecule has 5 rings (SSSR count). The second-order valence-corrected chi connectivity index (χ2v) is 7.96. The van der Waals surface area contributed by atoms with Gasteiger partial charge < -0.3 is 10.6 Å². The first-order valence-corrected chi connectivity index (χ1v) is 9.93. The maximum absolute atomic E-state index is 13.3. The van der Waals surface area contributed by atoms with E-state index >= 15 is 0 Å². The number of anilines is 1. The lowest BCUT2D eigenvalue weighted by Crippen LogP contribution is -2.54. The number of para-hydroxylation sites is 1. The number of rotatable bonds is 4. The molecule has 4 heterocycles. The van der Waals surface area contributed by atoms with Crippen molar-refractivity contribution in [1.29, 1.82) is 0 Å². The average Bonchev–Trinajstić information content (AvgIpc) is 3.41. The van der Waals surface area contributed by atoms with Gasteiger partial charge in [0, 0.05) is 30.0 Å². The van der Waals surface area contributed by atoms with E-state index in [4.69, 9.17) is 0 Å². The number of carbonyl (C=O) groups is 2. The molecular weight excluding hydrogens is 356 g/mol. The topological polar surface area (TPSA) is 92.2 Å². The molecule has 146 valence electrons. The van der Waals surface area contributed by atoms with E-state index in [0.717, 1.165) is 42.8 Å². The van der Waals surface area contributed by atoms with Crippen LogP contribution >= 0.6 is 0 Å². The highest BCUT2D eigenvalue weighted by Gasteiger charge is 2.65. The maximum Gasteiger partial charge on any atom is 0.250 e. The predicted octanol–water partition coefficient (Wildman–Crippen LogP) is 1.03. The fourth-order valence-corrected chi connectivity index (χ4v) is 5.30. The molecule has 2 aromatic rings. The molecular formula is C20H24N6O2. The molecule has 3 aliphatic rings. The van der Waals surface area contributed by atoms with Crippen molar-refractivity contribution in [2.45, 2.75) is 44.3 Å². The molecule has 0 bridgehead atoms. The van der Waals surface area contributed by atoms with Crippen molar-refractivity contribution in [1.82, 2.24) is 25.2 Å². The molecule has 3 aliphatic heterocycles. The minimum Gasteiger partial charge on any atom is -0.354 e. The molecule has 1 spiro atoms. The summed E-state index contributed by atoms with van der Waals surface area (Å²) in [6, 6.07) is 8.07. The highest BCUT2D eigenvalue weighted by Crippen LogP contribution is 2.55. The van der Waals surface area contributed by atoms with Crippen LogP contribution in [0.5, 0.6) is 0 Å². The summed E-state index contributed by atoms with van der Waals surface area (Å²) >= 11 is 0. The lowest BCUT2D eigenvalue weighted by Gasteiger charge is -2.36. The first kappa shape index (κ1) is 17.4. The van der Waals surface area contributed by atoms with Gasteiger partial charge >= 0.3 is 0 Å². The lowest BCUT2D eigenvalue weighted by atomic mass is 9.78. The monoisotopic (exact) mass is 380 g/mol. The van der Waals surface area contributed by atoms with Crippen LogP contribution in [0.15, 0.2) is 30.5 Å². The van der Waals surface area contributed by atoms with Crippen LogP contribution in [-0.2, 0) is 21.7 Å². The quantitative estimate of drug-likeness (QED) is 0.827. The van der Waals surface area contributed by atoms with Crippen LogP contribution < -0.4 is 10.6 Å². The van der Waals surface area contributed by atoms with Gasteiger partial charge in [-0.3, -0.25) is 19.2 Å². The summed E-state index contributed by atoms with van der Waals surface area (Å²) in [6.07, 6.45) is 4.68. The maximum atomic E-state index is 13.3. The van der Waals surface area contributed by atoms with Gasteiger partial charge in [0.15, 0.2) is 0 Å². The van der Waals surface area contributed by atoms with Crippen molar-refractivity contribution >= 4 is 17.5 Å². The standard InChI is InChI=1S/C20H24N6O2/c1-13-12-25(24-23-13)10-8-21-18(27)16-11-14-5-4-9-26(14)20(16)15-6-2-3-7-17(15)22-19(20)28/h2-3,6-7,12,14,16H,4-5,8-11H2,1H3,(H,21,27)(H,22,28)/t14-,16+,20+/m1/s1. The molecule has 0 aliphatic carbocycles. The molecule has 2 N–H and O–H groups in total. The van der Waals surface area contributed by atoms with E-state index in [-0.39, 0.29) is 23.8 Å². The summed E-state index contributed by atoms with van der Waals surface area (Å²) in [7, 11) is 0. The smallest absolute Gasteiger partial charge is 0.250 e. The van der Waals surface area contributed by atoms with E-state index < -0.39 is 5.54 Å². The van der Waals surface area contributed by atoms with Crippen molar-refractivity contribution in [2.75, 3.05) is 18.4 Å². The number of hydrogen-bond donors (Lipinski definition) is 2. The van der Waals surface area contributed by atoms with Gasteiger partial charge in [0.05, 0.1) is 18.2 Å². The van der Waals surface area contributed by atoms with Crippen LogP contribution in [0.4, 0.5) is 5.69 Å². The van der Waals surface area contributed by atoms with Crippen molar-refractivity contribution < 1.29 is 9.59 Å². The number of hydrogen-bond acceptors (Lipinski definition) is 5. The number of carbonyl (C=O) groups excluding carboxylic acids is 2. The van der Waals surface area contributed by atoms with Crippen LogP contribution in [0.25, 0.3) is 0 Å². The Kier molecular flexibility index (Phi) is 3.97. The summed E-state index contributed by atoms with van der Waals surface area (Å²) in [6.45, 7) is 3.76. The van der Waals surface area contributed by atoms with Gasteiger partial charge in [0.25, 0.3) is 0 Å². The molecule has 1 aromatic heterocycles. The Hall–Kier alpha value is -2.74. The van der Waals surface area contributed by atoms with Gasteiger partial charge in [0.1, 0.15) is 5.54 Å². The highest BCUT2D eigenvalue weighted by molar-refractivity contribution is 6.09. The average molecular weight is 380 g/mol. The predicted molar refractivity (Wildman–Crippen MR) is 102 cm³/mol. The number of aryl methyl sites for hydroxylation is 1. The third kappa shape index (κ3) is 2.40. The Morgan fingerprint density at radius 2 is 2.25 bits per heavy atom. The lowest BCUT2D eigenvalue weighted by molar-refractivity contribution is -0.137. The normalized spacial score (nSPS) is 28.4. The molecule has 28 heavy (non-hydrogen) atoms. The van der Waals surface area contributed by atoms with E-state index in [9.17, 15) is 9.59 Å². The van der Waals surface area contributed by atoms with Crippen molar-refractivity contribution in [3.63, 3.8) is 0 Å². The zero-order valence-corrected chi connectivity index (χ0v) is 15.9. The van der Waals surface area contributed by atoms with Gasteiger partial charge in [0.2, 0.25) is 11.8 Å². The molecule has 1 aromatic carbocycles. The number of fused-ring (bicyclic) bond motifs is 4. The fourth-order valence-electron chi connectivity index (χ4n) is 5.30. The molecule has 0 radical (unpaired) electrons. The first-order valence-electron chi connectivity index (χ1n) is 9.93. The molecule has 2 fully saturated rings. The number of nitrogens with zero attached hydrogens (tertiary/aromatic N) is 4. The van der Waals surface area contributed by atoms with Gasteiger partial charge in [-0.1, -0.05) is 23.4 Å². The van der Waals surface area contributed by atoms with Gasteiger partial charge in [-0.15, -0.1) is 5.10 Å². The van der Waals surface area contributed by atoms with Crippen LogP contribution in [-0.4, -0.2) is 50.8 Å². The number of aromatic nitrogens is 3. The molecule has 8 heteroatoms. The molecule has 2 amide bonds. The Balaban J connectivity index is 1.42. The van der Waals surface area contributed by atoms with Crippen molar-refractivity contribution in [2.24, 2.45) is 5.92 Å². The van der Waals surface area contributed by atoms with Crippen molar-refractivity contribution in [3.8, 4) is 0 Å². The second-order valence-electron chi connectivity index (χ2n) is 7.96. The third-order valence-corrected chi connectivity index (χ3v) is 6.38. The Labute approximate surface area is 163 Å². The molecule has 2 saturated heterocycles. The van der Waals surface area contributed by atoms with Crippen LogP contribution in [0.1, 0.15) is 30.5 Å². The minimum atomic E-state index is -0.883. The third-order valence-electron chi connectivity index (χ3n) is 6.38. The SMILES string of the molecule is Cc1cn(CCNC(=O)[C@@H]2C[C@H]3CCCN3[C@]23C(=O)Nc2ccccc23)nn1. The van der Waals surface area contributed by atoms with E-state index in [2.05, 4.69) is 25.8 Å². The van der Waals surface area contributed by atoms with E-state index in [1.165, 1.54) is 0 Å². The summed E-state index contributed by atoms with van der Waals surface area (Å²) in [5.41, 5.74) is 1.74. The van der Waals surface area contributed by atoms with E-state index in [0.29, 0.717) is 13.1 Å². The zero-order valence-electron chi connectivity index (χ0n) is 15.9. The number of amides is 2. The van der Waals surface area contributed by atoms with Crippen LogP contribution in [0, 0.1) is 12.8 Å². The summed E-state index contributed by atoms with van der Waals surface area (Å²) in [5, 5.41) is 14.0. The first-order chi connectivity index (χ1) is 13.6. The highest BCUT2D eigenvalue weighted by atomic mass is 16.2. The summed E-state index contributed by atoms with van der Waals surface area (Å²) in [4.78, 5) is 28.8. The van der Waals surface area contributed by atoms with Gasteiger partial charge in [-0.2, -0.15) is 0 Å². The Morgan fingerprint density at radius 1 is 1.39 bits per heavy atom. The van der Waals surface area contributed by atoms with E-state index in [1.807, 2.05) is 37.4 Å². The van der Waals surface area contributed by atoms with Gasteiger partial charge in [-0.25, -0.2) is 0 Å². The fraction of sp³-hybridized carbons (Fsp3) is 0.500. The summed E-state index contributed by atoms with van der Waals surface area (Å²) in [5.74, 6) is -0.512. The second kappa shape index (κ2) is 6.41. The van der Waals surface area contributed by atoms with Crippen LogP contribution in [0.2, 0.25) is 0 Å². The molecule has 8 nitrogen and oxygen atoms in total. The molecule has 0 unspecified atom stereocenters. The Bertz CT molecular complexity index is 940. The minimum absolute atomic E-state index is 0.0573. The van der Waals surface area contributed by atoms with Gasteiger partial charge in [-0.05, 0) is 38.8 Å². The largest absolute Gasteiger partial charge is 0.354 e. The summed E-state index contributed by atoms with van der Waals surface area (Å²) < 4.78 is 1.72. The van der Waals surface area contributed by atoms with Crippen LogP contribution in [0.3, 0.4) is 0 Å². The zero-order chi connectivity index (χ0) is 19.3. The Morgan fingerprint density at radius 3 is 3.07 bits per heavy atom. The molecule has 0 saturated carbocycles.